The molecule has 1 aliphatic rings. The highest BCUT2D eigenvalue weighted by atomic mass is 32.2. The van der Waals surface area contributed by atoms with E-state index in [4.69, 9.17) is 0 Å². The van der Waals surface area contributed by atoms with Gasteiger partial charge in [0.05, 0.1) is 4.90 Å². The Morgan fingerprint density at radius 2 is 1.92 bits per heavy atom. The molecule has 1 aliphatic heterocycles. The first-order valence-corrected chi connectivity index (χ1v) is 9.28. The lowest BCUT2D eigenvalue weighted by molar-refractivity contribution is 0.520. The van der Waals surface area contributed by atoms with Crippen molar-refractivity contribution in [2.24, 2.45) is 0 Å². The molecule has 4 nitrogen and oxygen atoms in total. The number of fused-ring (bicyclic) bond motifs is 1. The van der Waals surface area contributed by atoms with Crippen LogP contribution in [-0.2, 0) is 23.0 Å². The maximum absolute atomic E-state index is 13.5. The van der Waals surface area contributed by atoms with Gasteiger partial charge in [0.15, 0.2) is 0 Å². The third-order valence-corrected chi connectivity index (χ3v) is 6.30. The van der Waals surface area contributed by atoms with Crippen LogP contribution < -0.4 is 4.90 Å². The summed E-state index contributed by atoms with van der Waals surface area (Å²) in [6, 6.07) is 10.1. The highest BCUT2D eigenvalue weighted by molar-refractivity contribution is 7.89. The first-order chi connectivity index (χ1) is 11.3. The number of sulfonamides is 1. The van der Waals surface area contributed by atoms with Gasteiger partial charge in [0, 0.05) is 32.9 Å². The third-order valence-electron chi connectivity index (χ3n) is 4.49. The Bertz CT molecular complexity index is 879. The molecule has 0 amide bonds. The van der Waals surface area contributed by atoms with Crippen LogP contribution >= 0.6 is 0 Å². The average molecular weight is 348 g/mol. The average Bonchev–Trinajstić information content (AvgIpc) is 2.93. The van der Waals surface area contributed by atoms with Gasteiger partial charge >= 0.3 is 0 Å². The Hall–Kier alpha value is -1.92. The molecule has 0 radical (unpaired) electrons. The van der Waals surface area contributed by atoms with Gasteiger partial charge in [0.25, 0.3) is 0 Å². The summed E-state index contributed by atoms with van der Waals surface area (Å²) in [5.41, 5.74) is 4.05. The minimum Gasteiger partial charge on any atom is -0.367 e. The van der Waals surface area contributed by atoms with Crippen molar-refractivity contribution in [3.63, 3.8) is 0 Å². The molecule has 24 heavy (non-hydrogen) atoms. The number of aryl methyl sites for hydroxylation is 1. The molecule has 128 valence electrons. The van der Waals surface area contributed by atoms with E-state index in [-0.39, 0.29) is 5.82 Å². The van der Waals surface area contributed by atoms with Gasteiger partial charge in [-0.2, -0.15) is 0 Å². The highest BCUT2D eigenvalue weighted by Crippen LogP contribution is 2.32. The zero-order valence-corrected chi connectivity index (χ0v) is 14.9. The molecule has 0 unspecified atom stereocenters. The molecule has 0 spiro atoms. The lowest BCUT2D eigenvalue weighted by Crippen LogP contribution is -2.22. The molecule has 0 saturated heterocycles. The second kappa shape index (κ2) is 6.18. The highest BCUT2D eigenvalue weighted by Gasteiger charge is 2.24. The summed E-state index contributed by atoms with van der Waals surface area (Å²) in [7, 11) is -0.363. The van der Waals surface area contributed by atoms with Gasteiger partial charge in [0.1, 0.15) is 5.82 Å². The molecular formula is C18H21FN2O2S. The summed E-state index contributed by atoms with van der Waals surface area (Å²) >= 11 is 0. The normalized spacial score (nSPS) is 14.3. The van der Waals surface area contributed by atoms with E-state index < -0.39 is 10.0 Å². The smallest absolute Gasteiger partial charge is 0.242 e. The van der Waals surface area contributed by atoms with Crippen molar-refractivity contribution in [3.8, 4) is 0 Å². The lowest BCUT2D eigenvalue weighted by atomic mass is 10.1. The topological polar surface area (TPSA) is 40.6 Å². The Kier molecular flexibility index (Phi) is 4.36. The SMILES string of the molecule is Cc1ccc(F)cc1CN1CCc2cc(S(=O)(=O)N(C)C)ccc21. The molecule has 1 heterocycles. The number of nitrogens with zero attached hydrogens (tertiary/aromatic N) is 2. The standard InChI is InChI=1S/C18H21FN2O2S/c1-13-4-5-16(19)10-15(13)12-21-9-8-14-11-17(6-7-18(14)21)24(22,23)20(2)3/h4-7,10-11H,8-9,12H2,1-3H3. The van der Waals surface area contributed by atoms with Gasteiger partial charge in [-0.15, -0.1) is 0 Å². The van der Waals surface area contributed by atoms with Crippen LogP contribution in [0.15, 0.2) is 41.3 Å². The van der Waals surface area contributed by atoms with Crippen molar-refractivity contribution in [1.29, 1.82) is 0 Å². The molecule has 2 aromatic carbocycles. The monoisotopic (exact) mass is 348 g/mol. The molecule has 0 aliphatic carbocycles. The molecule has 0 fully saturated rings. The van der Waals surface area contributed by atoms with Crippen LogP contribution in [0.2, 0.25) is 0 Å². The second-order valence-corrected chi connectivity index (χ2v) is 8.47. The van der Waals surface area contributed by atoms with Gasteiger partial charge in [-0.05, 0) is 60.4 Å². The van der Waals surface area contributed by atoms with E-state index in [0.717, 1.165) is 35.3 Å². The van der Waals surface area contributed by atoms with Crippen molar-refractivity contribution in [2.45, 2.75) is 24.8 Å². The second-order valence-electron chi connectivity index (χ2n) is 6.32. The van der Waals surface area contributed by atoms with Crippen molar-refractivity contribution >= 4 is 15.7 Å². The molecule has 0 bridgehead atoms. The van der Waals surface area contributed by atoms with Crippen molar-refractivity contribution in [2.75, 3.05) is 25.5 Å². The molecule has 6 heteroatoms. The fourth-order valence-electron chi connectivity index (χ4n) is 3.00. The minimum absolute atomic E-state index is 0.234. The van der Waals surface area contributed by atoms with Crippen LogP contribution in [0.25, 0.3) is 0 Å². The molecule has 0 saturated carbocycles. The van der Waals surface area contributed by atoms with Crippen LogP contribution in [0.4, 0.5) is 10.1 Å². The van der Waals surface area contributed by atoms with Gasteiger partial charge in [-0.3, -0.25) is 0 Å². The van der Waals surface area contributed by atoms with E-state index in [9.17, 15) is 12.8 Å². The molecule has 0 aromatic heterocycles. The van der Waals surface area contributed by atoms with E-state index in [2.05, 4.69) is 4.90 Å². The van der Waals surface area contributed by atoms with Crippen LogP contribution in [0, 0.1) is 12.7 Å². The van der Waals surface area contributed by atoms with E-state index in [1.165, 1.54) is 24.5 Å². The van der Waals surface area contributed by atoms with Gasteiger partial charge in [0.2, 0.25) is 10.0 Å². The summed E-state index contributed by atoms with van der Waals surface area (Å²) in [6.07, 6.45) is 0.792. The number of anilines is 1. The lowest BCUT2D eigenvalue weighted by Gasteiger charge is -2.21. The number of rotatable bonds is 4. The maximum Gasteiger partial charge on any atom is 0.242 e. The zero-order valence-electron chi connectivity index (χ0n) is 14.1. The van der Waals surface area contributed by atoms with Crippen molar-refractivity contribution in [3.05, 3.63) is 58.9 Å². The van der Waals surface area contributed by atoms with Gasteiger partial charge in [-0.1, -0.05) is 6.07 Å². The van der Waals surface area contributed by atoms with E-state index in [1.54, 1.807) is 24.3 Å². The third kappa shape index (κ3) is 3.03. The van der Waals surface area contributed by atoms with Crippen LogP contribution in [-0.4, -0.2) is 33.4 Å². The van der Waals surface area contributed by atoms with Crippen LogP contribution in [0.3, 0.4) is 0 Å². The summed E-state index contributed by atoms with van der Waals surface area (Å²) in [6.45, 7) is 3.39. The van der Waals surface area contributed by atoms with Gasteiger partial charge in [-0.25, -0.2) is 17.1 Å². The minimum atomic E-state index is -3.42. The van der Waals surface area contributed by atoms with Crippen molar-refractivity contribution < 1.29 is 12.8 Å². The number of hydrogen-bond acceptors (Lipinski definition) is 3. The molecular weight excluding hydrogens is 327 g/mol. The summed E-state index contributed by atoms with van der Waals surface area (Å²) in [5, 5.41) is 0. The molecule has 2 aromatic rings. The van der Waals surface area contributed by atoms with E-state index >= 15 is 0 Å². The van der Waals surface area contributed by atoms with E-state index in [0.29, 0.717) is 11.4 Å². The first-order valence-electron chi connectivity index (χ1n) is 7.84. The number of benzene rings is 2. The first kappa shape index (κ1) is 16.9. The largest absolute Gasteiger partial charge is 0.367 e. The zero-order chi connectivity index (χ0) is 17.5. The molecule has 0 atom stereocenters. The Morgan fingerprint density at radius 3 is 2.62 bits per heavy atom. The fraction of sp³-hybridized carbons (Fsp3) is 0.333. The van der Waals surface area contributed by atoms with Gasteiger partial charge < -0.3 is 4.90 Å². The summed E-state index contributed by atoms with van der Waals surface area (Å²) < 4.78 is 39.2. The Balaban J connectivity index is 1.89. The fourth-order valence-corrected chi connectivity index (χ4v) is 3.95. The van der Waals surface area contributed by atoms with Crippen LogP contribution in [0.5, 0.6) is 0 Å². The van der Waals surface area contributed by atoms with Crippen molar-refractivity contribution in [1.82, 2.24) is 4.31 Å². The Morgan fingerprint density at radius 1 is 1.17 bits per heavy atom. The Labute approximate surface area is 142 Å². The predicted molar refractivity (Wildman–Crippen MR) is 93.2 cm³/mol. The summed E-state index contributed by atoms with van der Waals surface area (Å²) in [4.78, 5) is 2.48. The van der Waals surface area contributed by atoms with E-state index in [1.807, 2.05) is 13.0 Å². The molecule has 0 N–H and O–H groups in total. The quantitative estimate of drug-likeness (QED) is 0.853. The summed E-state index contributed by atoms with van der Waals surface area (Å²) in [5.74, 6) is -0.234. The van der Waals surface area contributed by atoms with Crippen LogP contribution in [0.1, 0.15) is 16.7 Å². The predicted octanol–water partition coefficient (Wildman–Crippen LogP) is 2.95. The number of hydrogen-bond donors (Lipinski definition) is 0. The molecule has 3 rings (SSSR count). The maximum atomic E-state index is 13.5. The number of halogens is 1.